The minimum Gasteiger partial charge on any atom is -0.321 e. The number of nitrogens with two attached hydrogens (primary N) is 1. The summed E-state index contributed by atoms with van der Waals surface area (Å²) in [6.45, 7) is 3.06. The number of rotatable bonds is 4. The molecule has 0 spiro atoms. The van der Waals surface area contributed by atoms with Crippen molar-refractivity contribution >= 4 is 25.8 Å². The fourth-order valence-electron chi connectivity index (χ4n) is 1.57. The van der Waals surface area contributed by atoms with Gasteiger partial charge in [-0.05, 0) is 25.1 Å². The first-order valence-corrected chi connectivity index (χ1v) is 7.74. The monoisotopic (exact) mass is 323 g/mol. The zero-order chi connectivity index (χ0) is 13.3. The summed E-state index contributed by atoms with van der Waals surface area (Å²) in [5.41, 5.74) is 4.89. The van der Waals surface area contributed by atoms with Crippen LogP contribution in [0.15, 0.2) is 22.7 Å². The molecule has 1 rings (SSSR count). The predicted molar refractivity (Wildman–Crippen MR) is 70.0 cm³/mol. The smallest absolute Gasteiger partial charge is 0.152 e. The number of sulfone groups is 1. The number of halogens is 2. The van der Waals surface area contributed by atoms with Crippen LogP contribution >= 0.6 is 15.9 Å². The fourth-order valence-corrected chi connectivity index (χ4v) is 3.21. The fraction of sp³-hybridized carbons (Fsp3) is 0.455. The molecule has 0 unspecified atom stereocenters. The zero-order valence-electron chi connectivity index (χ0n) is 9.70. The molecule has 1 aromatic carbocycles. The van der Waals surface area contributed by atoms with Gasteiger partial charge in [-0.3, -0.25) is 0 Å². The summed E-state index contributed by atoms with van der Waals surface area (Å²) in [5.74, 6) is -0.774. The van der Waals surface area contributed by atoms with Crippen LogP contribution in [0.2, 0.25) is 0 Å². The normalized spacial score (nSPS) is 15.6. The summed E-state index contributed by atoms with van der Waals surface area (Å²) in [7, 11) is -3.26. The highest BCUT2D eigenvalue weighted by molar-refractivity contribution is 9.10. The van der Waals surface area contributed by atoms with Gasteiger partial charge in [0.15, 0.2) is 9.84 Å². The molecule has 1 aromatic rings. The van der Waals surface area contributed by atoms with Gasteiger partial charge < -0.3 is 5.73 Å². The van der Waals surface area contributed by atoms with Crippen molar-refractivity contribution in [2.75, 3.05) is 11.5 Å². The lowest BCUT2D eigenvalue weighted by molar-refractivity contribution is 0.492. The molecule has 0 saturated carbocycles. The average molecular weight is 324 g/mol. The van der Waals surface area contributed by atoms with Crippen LogP contribution < -0.4 is 5.73 Å². The van der Waals surface area contributed by atoms with E-state index in [4.69, 9.17) is 5.73 Å². The maximum atomic E-state index is 13.6. The lowest BCUT2D eigenvalue weighted by Gasteiger charge is -2.25. The van der Waals surface area contributed by atoms with E-state index in [0.717, 1.165) is 0 Å². The van der Waals surface area contributed by atoms with Gasteiger partial charge in [0.1, 0.15) is 5.82 Å². The Labute approximate surface area is 109 Å². The van der Waals surface area contributed by atoms with Gasteiger partial charge in [-0.25, -0.2) is 12.8 Å². The van der Waals surface area contributed by atoms with Crippen molar-refractivity contribution in [1.82, 2.24) is 0 Å². The maximum Gasteiger partial charge on any atom is 0.152 e. The zero-order valence-corrected chi connectivity index (χ0v) is 12.1. The Morgan fingerprint density at radius 3 is 2.59 bits per heavy atom. The van der Waals surface area contributed by atoms with E-state index in [1.165, 1.54) is 19.1 Å². The molecule has 0 saturated heterocycles. The van der Waals surface area contributed by atoms with E-state index in [1.807, 2.05) is 0 Å². The Balaban J connectivity index is 3.17. The van der Waals surface area contributed by atoms with Crippen molar-refractivity contribution in [1.29, 1.82) is 0 Å². The molecule has 3 nitrogen and oxygen atoms in total. The second kappa shape index (κ2) is 5.04. The molecule has 0 bridgehead atoms. The molecule has 0 aliphatic heterocycles. The highest BCUT2D eigenvalue weighted by Crippen LogP contribution is 2.26. The average Bonchev–Trinajstić information content (AvgIpc) is 2.20. The lowest BCUT2D eigenvalue weighted by Crippen LogP contribution is -2.41. The van der Waals surface area contributed by atoms with Gasteiger partial charge in [0.05, 0.1) is 11.3 Å². The first kappa shape index (κ1) is 14.6. The van der Waals surface area contributed by atoms with Crippen LogP contribution in [0.3, 0.4) is 0 Å². The van der Waals surface area contributed by atoms with Crippen molar-refractivity contribution in [2.45, 2.75) is 19.4 Å². The molecule has 0 amide bonds. The van der Waals surface area contributed by atoms with E-state index < -0.39 is 21.2 Å². The summed E-state index contributed by atoms with van der Waals surface area (Å²) in [5, 5.41) is 0. The minimum absolute atomic E-state index is 0.00455. The molecular formula is C11H15BrFNO2S. The van der Waals surface area contributed by atoms with Crippen molar-refractivity contribution in [3.63, 3.8) is 0 Å². The molecule has 0 aromatic heterocycles. The molecule has 2 N–H and O–H groups in total. The second-order valence-electron chi connectivity index (χ2n) is 4.22. The van der Waals surface area contributed by atoms with Gasteiger partial charge in [0.25, 0.3) is 0 Å². The standard InChI is InChI=1S/C11H15BrFNO2S/c1-3-17(15,16)7-11(2,14)9-6-8(12)4-5-10(9)13/h4-6H,3,7,14H2,1-2H3/t11-/m0/s1. The molecule has 0 heterocycles. The van der Waals surface area contributed by atoms with E-state index in [9.17, 15) is 12.8 Å². The van der Waals surface area contributed by atoms with Gasteiger partial charge in [0, 0.05) is 15.8 Å². The van der Waals surface area contributed by atoms with Crippen molar-refractivity contribution < 1.29 is 12.8 Å². The van der Waals surface area contributed by atoms with Crippen molar-refractivity contribution in [3.05, 3.63) is 34.1 Å². The van der Waals surface area contributed by atoms with E-state index in [-0.39, 0.29) is 17.1 Å². The van der Waals surface area contributed by atoms with Gasteiger partial charge in [-0.1, -0.05) is 22.9 Å². The van der Waals surface area contributed by atoms with Crippen LogP contribution in [0.25, 0.3) is 0 Å². The van der Waals surface area contributed by atoms with Crippen LogP contribution in [0, 0.1) is 5.82 Å². The molecule has 0 aliphatic carbocycles. The molecule has 0 radical (unpaired) electrons. The predicted octanol–water partition coefficient (Wildman–Crippen LogP) is 2.20. The Morgan fingerprint density at radius 1 is 1.47 bits per heavy atom. The van der Waals surface area contributed by atoms with Gasteiger partial charge in [0.2, 0.25) is 0 Å². The van der Waals surface area contributed by atoms with E-state index >= 15 is 0 Å². The minimum atomic E-state index is -3.26. The van der Waals surface area contributed by atoms with Crippen LogP contribution in [0.4, 0.5) is 4.39 Å². The van der Waals surface area contributed by atoms with E-state index in [0.29, 0.717) is 4.47 Å². The summed E-state index contributed by atoms with van der Waals surface area (Å²) in [4.78, 5) is 0. The first-order valence-electron chi connectivity index (χ1n) is 5.13. The molecule has 17 heavy (non-hydrogen) atoms. The highest BCUT2D eigenvalue weighted by Gasteiger charge is 2.30. The quantitative estimate of drug-likeness (QED) is 0.924. The summed E-state index contributed by atoms with van der Waals surface area (Å²) < 4.78 is 37.5. The molecule has 0 fully saturated rings. The molecule has 6 heteroatoms. The third kappa shape index (κ3) is 3.76. The van der Waals surface area contributed by atoms with E-state index in [1.54, 1.807) is 13.0 Å². The van der Waals surface area contributed by atoms with E-state index in [2.05, 4.69) is 15.9 Å². The molecule has 1 atom stereocenters. The number of hydrogen-bond acceptors (Lipinski definition) is 3. The Morgan fingerprint density at radius 2 is 2.06 bits per heavy atom. The van der Waals surface area contributed by atoms with Crippen LogP contribution in [-0.4, -0.2) is 19.9 Å². The van der Waals surface area contributed by atoms with Crippen molar-refractivity contribution in [2.24, 2.45) is 5.73 Å². The summed E-state index contributed by atoms with van der Waals surface area (Å²) in [6, 6.07) is 4.33. The second-order valence-corrected chi connectivity index (χ2v) is 7.49. The summed E-state index contributed by atoms with van der Waals surface area (Å²) in [6.07, 6.45) is 0. The highest BCUT2D eigenvalue weighted by atomic mass is 79.9. The van der Waals surface area contributed by atoms with Crippen molar-refractivity contribution in [3.8, 4) is 0 Å². The van der Waals surface area contributed by atoms with Crippen LogP contribution in [0.5, 0.6) is 0 Å². The van der Waals surface area contributed by atoms with Gasteiger partial charge >= 0.3 is 0 Å². The Kier molecular flexibility index (Phi) is 4.33. The largest absolute Gasteiger partial charge is 0.321 e. The number of benzene rings is 1. The molecular weight excluding hydrogens is 309 g/mol. The van der Waals surface area contributed by atoms with Crippen LogP contribution in [-0.2, 0) is 15.4 Å². The SMILES string of the molecule is CCS(=O)(=O)C[C@](C)(N)c1cc(Br)ccc1F. The van der Waals surface area contributed by atoms with Crippen LogP contribution in [0.1, 0.15) is 19.4 Å². The lowest BCUT2D eigenvalue weighted by atomic mass is 9.95. The maximum absolute atomic E-state index is 13.6. The topological polar surface area (TPSA) is 60.2 Å². The Bertz CT molecular complexity index is 514. The first-order chi connectivity index (χ1) is 7.68. The third-order valence-corrected chi connectivity index (χ3v) is 4.92. The number of hydrogen-bond donors (Lipinski definition) is 1. The Hall–Kier alpha value is -0.460. The summed E-state index contributed by atoms with van der Waals surface area (Å²) >= 11 is 3.21. The molecule has 96 valence electrons. The molecule has 0 aliphatic rings. The van der Waals surface area contributed by atoms with Gasteiger partial charge in [-0.2, -0.15) is 0 Å². The third-order valence-electron chi connectivity index (χ3n) is 2.50. The van der Waals surface area contributed by atoms with Gasteiger partial charge in [-0.15, -0.1) is 0 Å².